The molecule has 0 N–H and O–H groups in total. The summed E-state index contributed by atoms with van der Waals surface area (Å²) in [6.45, 7) is 0. The largest absolute Gasteiger partial charge is 0.267 e. The van der Waals surface area contributed by atoms with Crippen LogP contribution < -0.4 is 0 Å². The van der Waals surface area contributed by atoms with E-state index in [0.717, 1.165) is 0 Å². The van der Waals surface area contributed by atoms with Gasteiger partial charge in [0.05, 0.1) is 0 Å². The first-order chi connectivity index (χ1) is 4.41. The summed E-state index contributed by atoms with van der Waals surface area (Å²) < 4.78 is 8.67. The Labute approximate surface area is 60.7 Å². The molecule has 3 heteroatoms. The zero-order valence-corrected chi connectivity index (χ0v) is 6.35. The Kier molecular flexibility index (Phi) is 7.28. The molecule has 0 aliphatic carbocycles. The molecular weight excluding hydrogens is 154 g/mol. The van der Waals surface area contributed by atoms with Crippen LogP contribution in [0.1, 0.15) is 0 Å². The standard InChI is InChI=1S/C6H6.ClOP/c1-2-4-6-5-3-1;1-3-2/h1-6H;. The van der Waals surface area contributed by atoms with E-state index in [1.807, 2.05) is 36.4 Å². The molecule has 0 aliphatic rings. The smallest absolute Gasteiger partial charge is 0.256 e. The van der Waals surface area contributed by atoms with E-state index in [9.17, 15) is 0 Å². The second kappa shape index (κ2) is 7.61. The average molecular weight is 161 g/mol. The van der Waals surface area contributed by atoms with Gasteiger partial charge in [0.2, 0.25) is 0 Å². The van der Waals surface area contributed by atoms with Crippen LogP contribution in [-0.4, -0.2) is 0 Å². The van der Waals surface area contributed by atoms with E-state index in [4.69, 9.17) is 4.57 Å². The van der Waals surface area contributed by atoms with E-state index in [1.165, 1.54) is 0 Å². The lowest BCUT2D eigenvalue weighted by atomic mass is 10.4. The second-order valence-corrected chi connectivity index (χ2v) is 1.78. The highest BCUT2D eigenvalue weighted by Gasteiger charge is 1.57. The Morgan fingerprint density at radius 3 is 1.11 bits per heavy atom. The highest BCUT2D eigenvalue weighted by molar-refractivity contribution is 7.57. The maximum atomic E-state index is 8.67. The molecule has 9 heavy (non-hydrogen) atoms. The van der Waals surface area contributed by atoms with Crippen molar-refractivity contribution in [3.8, 4) is 0 Å². The van der Waals surface area contributed by atoms with Gasteiger partial charge < -0.3 is 0 Å². The van der Waals surface area contributed by atoms with Gasteiger partial charge in [0.15, 0.2) is 0 Å². The Morgan fingerprint density at radius 2 is 1.00 bits per heavy atom. The summed E-state index contributed by atoms with van der Waals surface area (Å²) in [5.74, 6) is 0. The molecule has 0 fully saturated rings. The summed E-state index contributed by atoms with van der Waals surface area (Å²) >= 11 is 4.42. The number of hydrogen-bond donors (Lipinski definition) is 0. The number of rotatable bonds is 0. The van der Waals surface area contributed by atoms with Gasteiger partial charge in [-0.3, -0.25) is 4.57 Å². The van der Waals surface area contributed by atoms with Crippen molar-refractivity contribution in [3.05, 3.63) is 36.4 Å². The summed E-state index contributed by atoms with van der Waals surface area (Å²) in [5, 5.41) is 0. The van der Waals surface area contributed by atoms with E-state index in [1.54, 1.807) is 0 Å². The molecule has 48 valence electrons. The molecule has 1 aromatic rings. The first kappa shape index (κ1) is 8.61. The van der Waals surface area contributed by atoms with Crippen LogP contribution in [0.2, 0.25) is 0 Å². The molecular formula is C6H6ClOP. The lowest BCUT2D eigenvalue weighted by Crippen LogP contribution is -1.47. The van der Waals surface area contributed by atoms with Gasteiger partial charge in [-0.05, 0) is 11.2 Å². The molecule has 0 radical (unpaired) electrons. The van der Waals surface area contributed by atoms with Crippen molar-refractivity contribution in [2.45, 2.75) is 0 Å². The minimum atomic E-state index is -0.361. The normalized spacial score (nSPS) is 7.67. The van der Waals surface area contributed by atoms with E-state index in [-0.39, 0.29) is 7.81 Å². The van der Waals surface area contributed by atoms with Crippen molar-refractivity contribution in [1.82, 2.24) is 0 Å². The van der Waals surface area contributed by atoms with Gasteiger partial charge >= 0.3 is 0 Å². The topological polar surface area (TPSA) is 17.1 Å². The predicted octanol–water partition coefficient (Wildman–Crippen LogP) is 3.12. The van der Waals surface area contributed by atoms with E-state index in [0.29, 0.717) is 0 Å². The molecule has 1 rings (SSSR count). The highest BCUT2D eigenvalue weighted by atomic mass is 35.7. The van der Waals surface area contributed by atoms with Gasteiger partial charge in [-0.15, -0.1) is 0 Å². The van der Waals surface area contributed by atoms with Crippen LogP contribution in [0, 0.1) is 0 Å². The van der Waals surface area contributed by atoms with E-state index >= 15 is 0 Å². The van der Waals surface area contributed by atoms with Crippen LogP contribution in [-0.2, 0) is 4.57 Å². The van der Waals surface area contributed by atoms with Gasteiger partial charge in [0.1, 0.15) is 0 Å². The van der Waals surface area contributed by atoms with E-state index in [2.05, 4.69) is 11.2 Å². The van der Waals surface area contributed by atoms with Crippen LogP contribution in [0.15, 0.2) is 36.4 Å². The maximum absolute atomic E-state index is 8.67. The van der Waals surface area contributed by atoms with Crippen molar-refractivity contribution in [2.75, 3.05) is 0 Å². The highest BCUT2D eigenvalue weighted by Crippen LogP contribution is 1.92. The van der Waals surface area contributed by atoms with Crippen molar-refractivity contribution < 1.29 is 4.57 Å². The van der Waals surface area contributed by atoms with Crippen LogP contribution >= 0.6 is 19.1 Å². The second-order valence-electron chi connectivity index (χ2n) is 1.22. The summed E-state index contributed by atoms with van der Waals surface area (Å²) in [6.07, 6.45) is 0. The first-order valence-corrected chi connectivity index (χ1v) is 4.07. The van der Waals surface area contributed by atoms with Gasteiger partial charge in [0, 0.05) is 0 Å². The quantitative estimate of drug-likeness (QED) is 0.533. The van der Waals surface area contributed by atoms with Gasteiger partial charge in [-0.25, -0.2) is 0 Å². The monoisotopic (exact) mass is 160 g/mol. The SMILES string of the molecule is O=PCl.c1ccccc1. The summed E-state index contributed by atoms with van der Waals surface area (Å²) in [5.41, 5.74) is 0. The summed E-state index contributed by atoms with van der Waals surface area (Å²) in [7, 11) is -0.361. The molecule has 0 unspecified atom stereocenters. The minimum absolute atomic E-state index is 0.361. The molecule has 0 amide bonds. The summed E-state index contributed by atoms with van der Waals surface area (Å²) in [6, 6.07) is 12.0. The Balaban J connectivity index is 0.000000187. The van der Waals surface area contributed by atoms with Crippen molar-refractivity contribution in [1.29, 1.82) is 0 Å². The molecule has 0 saturated carbocycles. The van der Waals surface area contributed by atoms with Gasteiger partial charge in [-0.1, -0.05) is 36.4 Å². The molecule has 0 saturated heterocycles. The molecule has 1 aromatic carbocycles. The van der Waals surface area contributed by atoms with Crippen LogP contribution in [0.25, 0.3) is 0 Å². The van der Waals surface area contributed by atoms with Gasteiger partial charge in [0.25, 0.3) is 7.81 Å². The third-order valence-corrected chi connectivity index (χ3v) is 0.667. The fourth-order valence-electron chi connectivity index (χ4n) is 0.385. The van der Waals surface area contributed by atoms with Gasteiger partial charge in [-0.2, -0.15) is 0 Å². The molecule has 0 heterocycles. The van der Waals surface area contributed by atoms with E-state index < -0.39 is 0 Å². The maximum Gasteiger partial charge on any atom is 0.267 e. The van der Waals surface area contributed by atoms with Crippen LogP contribution in [0.3, 0.4) is 0 Å². The number of hydrogen-bond acceptors (Lipinski definition) is 1. The Morgan fingerprint density at radius 1 is 0.889 bits per heavy atom. The lowest BCUT2D eigenvalue weighted by molar-refractivity contribution is 0.605. The molecule has 0 atom stereocenters. The molecule has 0 aliphatic heterocycles. The number of benzene rings is 1. The Hall–Kier alpha value is -0.390. The number of halogens is 1. The molecule has 0 bridgehead atoms. The third-order valence-electron chi connectivity index (χ3n) is 0.667. The van der Waals surface area contributed by atoms with Crippen LogP contribution in [0.5, 0.6) is 0 Å². The zero-order chi connectivity index (χ0) is 6.95. The van der Waals surface area contributed by atoms with Crippen molar-refractivity contribution in [2.24, 2.45) is 0 Å². The average Bonchev–Trinajstić information content (AvgIpc) is 1.93. The van der Waals surface area contributed by atoms with Crippen molar-refractivity contribution in [3.63, 3.8) is 0 Å². The lowest BCUT2D eigenvalue weighted by Gasteiger charge is -1.69. The summed E-state index contributed by atoms with van der Waals surface area (Å²) in [4.78, 5) is 0. The molecule has 0 spiro atoms. The fraction of sp³-hybridized carbons (Fsp3) is 0. The zero-order valence-electron chi connectivity index (χ0n) is 4.70. The Bertz CT molecular complexity index is 116. The third kappa shape index (κ3) is 7.61. The fourth-order valence-corrected chi connectivity index (χ4v) is 0.385. The first-order valence-electron chi connectivity index (χ1n) is 2.35. The van der Waals surface area contributed by atoms with Crippen LogP contribution in [0.4, 0.5) is 0 Å². The molecule has 1 nitrogen and oxygen atoms in total. The predicted molar refractivity (Wildman–Crippen MR) is 39.9 cm³/mol. The minimum Gasteiger partial charge on any atom is -0.256 e. The van der Waals surface area contributed by atoms with Crippen molar-refractivity contribution >= 4 is 19.1 Å². The molecule has 0 aromatic heterocycles.